The monoisotopic (exact) mass is 284 g/mol. The molecule has 0 saturated carbocycles. The molecule has 0 fully saturated rings. The number of carboxylic acid groups (broad SMARTS) is 1. The van der Waals surface area contributed by atoms with E-state index in [1.807, 2.05) is 0 Å². The first-order valence-electron chi connectivity index (χ1n) is 7.69. The largest absolute Gasteiger partial charge is 0.481 e. The number of unbranched alkanes of at least 4 members (excludes halogenated alkanes) is 5. The SMILES string of the molecule is CCCCC/C=C\CCCOC(=O)CCCCC(=O)O. The Hall–Kier alpha value is -1.32. The molecule has 0 atom stereocenters. The van der Waals surface area contributed by atoms with Gasteiger partial charge in [0.15, 0.2) is 0 Å². The van der Waals surface area contributed by atoms with Crippen molar-refractivity contribution >= 4 is 11.9 Å². The minimum Gasteiger partial charge on any atom is -0.481 e. The molecule has 0 aromatic rings. The van der Waals surface area contributed by atoms with Gasteiger partial charge in [-0.05, 0) is 38.5 Å². The van der Waals surface area contributed by atoms with Crippen LogP contribution in [0.2, 0.25) is 0 Å². The second-order valence-electron chi connectivity index (χ2n) is 4.93. The normalized spacial score (nSPS) is 10.8. The number of rotatable bonds is 13. The summed E-state index contributed by atoms with van der Waals surface area (Å²) in [4.78, 5) is 21.6. The molecule has 0 aromatic carbocycles. The van der Waals surface area contributed by atoms with Crippen molar-refractivity contribution in [1.82, 2.24) is 0 Å². The lowest BCUT2D eigenvalue weighted by atomic mass is 10.2. The van der Waals surface area contributed by atoms with E-state index in [1.54, 1.807) is 0 Å². The standard InChI is InChI=1S/C16H28O4/c1-2-3-4-5-6-7-8-11-14-20-16(19)13-10-9-12-15(17)18/h6-7H,2-5,8-14H2,1H3,(H,17,18)/b7-6-. The number of hydrogen-bond donors (Lipinski definition) is 1. The lowest BCUT2D eigenvalue weighted by Crippen LogP contribution is -2.05. The first-order valence-corrected chi connectivity index (χ1v) is 7.69. The van der Waals surface area contributed by atoms with Gasteiger partial charge in [-0.1, -0.05) is 31.9 Å². The smallest absolute Gasteiger partial charge is 0.305 e. The van der Waals surface area contributed by atoms with Crippen LogP contribution in [-0.2, 0) is 14.3 Å². The fourth-order valence-corrected chi connectivity index (χ4v) is 1.75. The molecule has 0 rings (SSSR count). The summed E-state index contributed by atoms with van der Waals surface area (Å²) in [6.45, 7) is 2.65. The quantitative estimate of drug-likeness (QED) is 0.314. The third-order valence-corrected chi connectivity index (χ3v) is 2.94. The van der Waals surface area contributed by atoms with E-state index >= 15 is 0 Å². The van der Waals surface area contributed by atoms with E-state index in [0.29, 0.717) is 25.9 Å². The fraction of sp³-hybridized carbons (Fsp3) is 0.750. The lowest BCUT2D eigenvalue weighted by Gasteiger charge is -2.03. The molecular weight excluding hydrogens is 256 g/mol. The van der Waals surface area contributed by atoms with Gasteiger partial charge in [-0.15, -0.1) is 0 Å². The van der Waals surface area contributed by atoms with E-state index in [-0.39, 0.29) is 12.4 Å². The minimum absolute atomic E-state index is 0.121. The Labute approximate surface area is 122 Å². The predicted octanol–water partition coefficient (Wildman–Crippen LogP) is 4.09. The van der Waals surface area contributed by atoms with Gasteiger partial charge in [-0.3, -0.25) is 9.59 Å². The van der Waals surface area contributed by atoms with Crippen LogP contribution in [0.3, 0.4) is 0 Å². The summed E-state index contributed by atoms with van der Waals surface area (Å²) in [5.74, 6) is -1.04. The second-order valence-corrected chi connectivity index (χ2v) is 4.93. The fourth-order valence-electron chi connectivity index (χ4n) is 1.75. The van der Waals surface area contributed by atoms with Gasteiger partial charge in [0.05, 0.1) is 6.61 Å². The Bertz CT molecular complexity index is 284. The zero-order valence-electron chi connectivity index (χ0n) is 12.6. The first kappa shape index (κ1) is 18.7. The van der Waals surface area contributed by atoms with Crippen LogP contribution in [0.1, 0.15) is 71.1 Å². The van der Waals surface area contributed by atoms with Crippen LogP contribution < -0.4 is 0 Å². The highest BCUT2D eigenvalue weighted by Gasteiger charge is 2.03. The number of allylic oxidation sites excluding steroid dienone is 2. The molecule has 4 heteroatoms. The summed E-state index contributed by atoms with van der Waals surface area (Å²) in [6.07, 6.45) is 12.6. The van der Waals surface area contributed by atoms with Gasteiger partial charge in [-0.25, -0.2) is 0 Å². The third kappa shape index (κ3) is 14.7. The number of hydrogen-bond acceptors (Lipinski definition) is 3. The summed E-state index contributed by atoms with van der Waals surface area (Å²) in [5, 5.41) is 8.45. The Balaban J connectivity index is 3.28. The van der Waals surface area contributed by atoms with E-state index in [4.69, 9.17) is 9.84 Å². The molecule has 4 nitrogen and oxygen atoms in total. The molecule has 0 unspecified atom stereocenters. The average molecular weight is 284 g/mol. The average Bonchev–Trinajstić information content (AvgIpc) is 2.41. The van der Waals surface area contributed by atoms with Gasteiger partial charge in [0, 0.05) is 12.8 Å². The number of esters is 1. The highest BCUT2D eigenvalue weighted by Crippen LogP contribution is 2.03. The van der Waals surface area contributed by atoms with Crippen LogP contribution in [0, 0.1) is 0 Å². The van der Waals surface area contributed by atoms with E-state index in [9.17, 15) is 9.59 Å². The topological polar surface area (TPSA) is 63.6 Å². The number of carbonyl (C=O) groups is 2. The molecule has 116 valence electrons. The number of ether oxygens (including phenoxy) is 1. The number of carboxylic acids is 1. The Morgan fingerprint density at radius 2 is 1.60 bits per heavy atom. The molecule has 0 saturated heterocycles. The summed E-state index contributed by atoms with van der Waals surface area (Å²) in [7, 11) is 0. The van der Waals surface area contributed by atoms with Crippen LogP contribution in [0.25, 0.3) is 0 Å². The molecule has 0 bridgehead atoms. The summed E-state index contributed by atoms with van der Waals surface area (Å²) >= 11 is 0. The van der Waals surface area contributed by atoms with Gasteiger partial charge in [0.25, 0.3) is 0 Å². The lowest BCUT2D eigenvalue weighted by molar-refractivity contribution is -0.144. The molecule has 0 amide bonds. The molecule has 0 radical (unpaired) electrons. The van der Waals surface area contributed by atoms with Crippen LogP contribution in [0.4, 0.5) is 0 Å². The van der Waals surface area contributed by atoms with Crippen molar-refractivity contribution in [1.29, 1.82) is 0 Å². The van der Waals surface area contributed by atoms with Crippen LogP contribution >= 0.6 is 0 Å². The van der Waals surface area contributed by atoms with Gasteiger partial charge in [0.1, 0.15) is 0 Å². The van der Waals surface area contributed by atoms with Crippen LogP contribution in [0.5, 0.6) is 0 Å². The summed E-state index contributed by atoms with van der Waals surface area (Å²) in [5.41, 5.74) is 0. The molecule has 0 aliphatic heterocycles. The maximum atomic E-state index is 11.3. The second kappa shape index (κ2) is 14.1. The van der Waals surface area contributed by atoms with Gasteiger partial charge in [0.2, 0.25) is 0 Å². The molecule has 0 heterocycles. The van der Waals surface area contributed by atoms with Gasteiger partial charge >= 0.3 is 11.9 Å². The van der Waals surface area contributed by atoms with E-state index in [1.165, 1.54) is 19.3 Å². The predicted molar refractivity (Wildman–Crippen MR) is 79.6 cm³/mol. The highest BCUT2D eigenvalue weighted by atomic mass is 16.5. The zero-order valence-corrected chi connectivity index (χ0v) is 12.6. The first-order chi connectivity index (χ1) is 9.66. The van der Waals surface area contributed by atoms with Crippen molar-refractivity contribution in [3.63, 3.8) is 0 Å². The Kier molecular flexibility index (Phi) is 13.2. The van der Waals surface area contributed by atoms with Crippen molar-refractivity contribution in [2.75, 3.05) is 6.61 Å². The minimum atomic E-state index is -0.816. The van der Waals surface area contributed by atoms with E-state index in [2.05, 4.69) is 19.1 Å². The van der Waals surface area contributed by atoms with E-state index < -0.39 is 5.97 Å². The van der Waals surface area contributed by atoms with Crippen LogP contribution in [0.15, 0.2) is 12.2 Å². The maximum absolute atomic E-state index is 11.3. The maximum Gasteiger partial charge on any atom is 0.305 e. The molecule has 0 aliphatic rings. The van der Waals surface area contributed by atoms with Crippen LogP contribution in [-0.4, -0.2) is 23.7 Å². The Morgan fingerprint density at radius 1 is 0.950 bits per heavy atom. The molecule has 20 heavy (non-hydrogen) atoms. The van der Waals surface area contributed by atoms with E-state index in [0.717, 1.165) is 19.3 Å². The van der Waals surface area contributed by atoms with Gasteiger partial charge in [-0.2, -0.15) is 0 Å². The number of carbonyl (C=O) groups excluding carboxylic acids is 1. The van der Waals surface area contributed by atoms with Gasteiger partial charge < -0.3 is 9.84 Å². The highest BCUT2D eigenvalue weighted by molar-refractivity contribution is 5.69. The molecule has 0 aliphatic carbocycles. The summed E-state index contributed by atoms with van der Waals surface area (Å²) < 4.78 is 5.07. The third-order valence-electron chi connectivity index (χ3n) is 2.94. The number of aliphatic carboxylic acids is 1. The van der Waals surface area contributed by atoms with Crippen molar-refractivity contribution in [3.8, 4) is 0 Å². The Morgan fingerprint density at radius 3 is 2.25 bits per heavy atom. The van der Waals surface area contributed by atoms with Crippen molar-refractivity contribution in [2.24, 2.45) is 0 Å². The molecule has 0 spiro atoms. The molecule has 1 N–H and O–H groups in total. The zero-order chi connectivity index (χ0) is 15.1. The van der Waals surface area contributed by atoms with Crippen molar-refractivity contribution in [2.45, 2.75) is 71.1 Å². The summed E-state index contributed by atoms with van der Waals surface area (Å²) in [6, 6.07) is 0. The van der Waals surface area contributed by atoms with Crippen molar-refractivity contribution in [3.05, 3.63) is 12.2 Å². The molecular formula is C16H28O4. The molecule has 0 aromatic heterocycles. The van der Waals surface area contributed by atoms with Crippen molar-refractivity contribution < 1.29 is 19.4 Å².